The van der Waals surface area contributed by atoms with Crippen molar-refractivity contribution in [2.24, 2.45) is 7.05 Å². The maximum Gasteiger partial charge on any atom is 0.266 e. The van der Waals surface area contributed by atoms with Gasteiger partial charge in [-0.1, -0.05) is 6.07 Å². The van der Waals surface area contributed by atoms with Crippen molar-refractivity contribution in [2.75, 3.05) is 0 Å². The lowest BCUT2D eigenvalue weighted by Gasteiger charge is -2.02. The van der Waals surface area contributed by atoms with E-state index >= 15 is 0 Å². The van der Waals surface area contributed by atoms with E-state index in [1.807, 2.05) is 25.1 Å². The summed E-state index contributed by atoms with van der Waals surface area (Å²) >= 11 is 1.67. The summed E-state index contributed by atoms with van der Waals surface area (Å²) in [5.41, 5.74) is 2.63. The van der Waals surface area contributed by atoms with Crippen LogP contribution in [0.2, 0.25) is 0 Å². The molecule has 3 rings (SSSR count). The topological polar surface area (TPSA) is 47.8 Å². The third-order valence-corrected chi connectivity index (χ3v) is 3.70. The van der Waals surface area contributed by atoms with Gasteiger partial charge >= 0.3 is 0 Å². The zero-order chi connectivity index (χ0) is 12.7. The Balaban J connectivity index is 2.18. The van der Waals surface area contributed by atoms with Crippen molar-refractivity contribution in [3.8, 4) is 11.3 Å². The largest absolute Gasteiger partial charge is 0.268 e. The second-order valence-electron chi connectivity index (χ2n) is 4.10. The van der Waals surface area contributed by atoms with Crippen LogP contribution in [0.4, 0.5) is 0 Å². The molecule has 2 aromatic heterocycles. The fourth-order valence-corrected chi connectivity index (χ4v) is 2.67. The maximum atomic E-state index is 11.3. The van der Waals surface area contributed by atoms with Crippen LogP contribution in [0.15, 0.2) is 35.1 Å². The van der Waals surface area contributed by atoms with E-state index in [-0.39, 0.29) is 5.56 Å². The fourth-order valence-electron chi connectivity index (χ4n) is 1.86. The van der Waals surface area contributed by atoms with E-state index in [2.05, 4.69) is 10.1 Å². The molecule has 0 saturated heterocycles. The third-order valence-electron chi connectivity index (χ3n) is 2.75. The van der Waals surface area contributed by atoms with Crippen molar-refractivity contribution < 1.29 is 0 Å². The van der Waals surface area contributed by atoms with Crippen molar-refractivity contribution in [3.05, 3.63) is 45.7 Å². The van der Waals surface area contributed by atoms with E-state index in [4.69, 9.17) is 0 Å². The molecular weight excluding hydrogens is 246 g/mol. The number of hydrogen-bond donors (Lipinski definition) is 0. The summed E-state index contributed by atoms with van der Waals surface area (Å²) in [6.07, 6.45) is 0. The summed E-state index contributed by atoms with van der Waals surface area (Å²) in [4.78, 5) is 15.8. The number of aromatic nitrogens is 3. The van der Waals surface area contributed by atoms with Gasteiger partial charge in [0.2, 0.25) is 0 Å². The Hall–Kier alpha value is -2.01. The first-order chi connectivity index (χ1) is 8.63. The first kappa shape index (κ1) is 11.1. The van der Waals surface area contributed by atoms with Crippen molar-refractivity contribution in [2.45, 2.75) is 6.92 Å². The van der Waals surface area contributed by atoms with E-state index in [0.29, 0.717) is 0 Å². The maximum absolute atomic E-state index is 11.3. The van der Waals surface area contributed by atoms with Gasteiger partial charge in [0.05, 0.1) is 20.9 Å². The molecule has 0 fully saturated rings. The lowest BCUT2D eigenvalue weighted by Crippen LogP contribution is -2.18. The van der Waals surface area contributed by atoms with Crippen molar-refractivity contribution in [3.63, 3.8) is 0 Å². The molecule has 3 aromatic rings. The van der Waals surface area contributed by atoms with Crippen LogP contribution in [0, 0.1) is 6.92 Å². The molecule has 0 aliphatic rings. The van der Waals surface area contributed by atoms with Gasteiger partial charge in [0.15, 0.2) is 0 Å². The molecule has 0 aliphatic heterocycles. The van der Waals surface area contributed by atoms with Gasteiger partial charge in [-0.15, -0.1) is 11.3 Å². The smallest absolute Gasteiger partial charge is 0.266 e. The number of aryl methyl sites for hydroxylation is 2. The first-order valence-corrected chi connectivity index (χ1v) is 6.37. The monoisotopic (exact) mass is 257 g/mol. The van der Waals surface area contributed by atoms with Crippen LogP contribution in [0.1, 0.15) is 5.01 Å². The number of hydrogen-bond acceptors (Lipinski definition) is 4. The second kappa shape index (κ2) is 4.03. The first-order valence-electron chi connectivity index (χ1n) is 5.55. The number of thiazole rings is 1. The van der Waals surface area contributed by atoms with E-state index in [9.17, 15) is 4.79 Å². The van der Waals surface area contributed by atoms with E-state index in [0.717, 1.165) is 21.8 Å². The summed E-state index contributed by atoms with van der Waals surface area (Å²) in [6.45, 7) is 1.99. The van der Waals surface area contributed by atoms with Crippen molar-refractivity contribution in [1.29, 1.82) is 0 Å². The summed E-state index contributed by atoms with van der Waals surface area (Å²) in [5, 5.41) is 5.29. The Labute approximate surface area is 108 Å². The van der Waals surface area contributed by atoms with Gasteiger partial charge < -0.3 is 0 Å². The van der Waals surface area contributed by atoms with Gasteiger partial charge in [0, 0.05) is 18.7 Å². The molecule has 90 valence electrons. The quantitative estimate of drug-likeness (QED) is 0.672. The molecule has 0 unspecified atom stereocenters. The molecule has 0 amide bonds. The highest BCUT2D eigenvalue weighted by Crippen LogP contribution is 2.26. The van der Waals surface area contributed by atoms with Crippen LogP contribution in [0.5, 0.6) is 0 Å². The Morgan fingerprint density at radius 2 is 2.06 bits per heavy atom. The Morgan fingerprint density at radius 1 is 1.22 bits per heavy atom. The fraction of sp³-hybridized carbons (Fsp3) is 0.154. The number of rotatable bonds is 1. The molecule has 5 heteroatoms. The summed E-state index contributed by atoms with van der Waals surface area (Å²) in [6, 6.07) is 9.32. The zero-order valence-corrected chi connectivity index (χ0v) is 10.9. The zero-order valence-electron chi connectivity index (χ0n) is 10.0. The molecule has 0 radical (unpaired) electrons. The van der Waals surface area contributed by atoms with Crippen LogP contribution in [0.25, 0.3) is 21.5 Å². The molecular formula is C13H11N3OS. The Morgan fingerprint density at radius 3 is 2.83 bits per heavy atom. The van der Waals surface area contributed by atoms with Gasteiger partial charge in [-0.3, -0.25) is 4.79 Å². The minimum absolute atomic E-state index is 0.107. The van der Waals surface area contributed by atoms with Gasteiger partial charge in [0.25, 0.3) is 5.56 Å². The number of benzene rings is 1. The van der Waals surface area contributed by atoms with Gasteiger partial charge in [-0.25, -0.2) is 9.67 Å². The highest BCUT2D eigenvalue weighted by Gasteiger charge is 2.05. The van der Waals surface area contributed by atoms with Crippen LogP contribution in [-0.2, 0) is 7.05 Å². The lowest BCUT2D eigenvalue weighted by molar-refractivity contribution is 0.712. The molecule has 0 bridgehead atoms. The summed E-state index contributed by atoms with van der Waals surface area (Å²) < 4.78 is 2.51. The molecule has 0 saturated carbocycles. The van der Waals surface area contributed by atoms with Crippen LogP contribution < -0.4 is 5.56 Å². The highest BCUT2D eigenvalue weighted by atomic mass is 32.1. The van der Waals surface area contributed by atoms with Crippen LogP contribution >= 0.6 is 11.3 Å². The molecule has 0 atom stereocenters. The molecule has 1 aromatic carbocycles. The predicted molar refractivity (Wildman–Crippen MR) is 72.8 cm³/mol. The van der Waals surface area contributed by atoms with Crippen molar-refractivity contribution in [1.82, 2.24) is 14.8 Å². The van der Waals surface area contributed by atoms with Crippen molar-refractivity contribution >= 4 is 21.6 Å². The molecule has 2 heterocycles. The SMILES string of the molecule is Cc1nc2cc(-c3ccc(=O)n(C)n3)ccc2s1. The average Bonchev–Trinajstić information content (AvgIpc) is 2.71. The van der Waals surface area contributed by atoms with Crippen LogP contribution in [-0.4, -0.2) is 14.8 Å². The van der Waals surface area contributed by atoms with E-state index in [1.165, 1.54) is 15.4 Å². The normalized spacial score (nSPS) is 11.0. The van der Waals surface area contributed by atoms with Gasteiger partial charge in [-0.05, 0) is 25.1 Å². The minimum atomic E-state index is -0.107. The molecule has 4 nitrogen and oxygen atoms in total. The second-order valence-corrected chi connectivity index (χ2v) is 5.33. The Bertz CT molecular complexity index is 788. The van der Waals surface area contributed by atoms with Gasteiger partial charge in [-0.2, -0.15) is 5.10 Å². The molecule has 0 N–H and O–H groups in total. The average molecular weight is 257 g/mol. The molecule has 18 heavy (non-hydrogen) atoms. The van der Waals surface area contributed by atoms with Gasteiger partial charge in [0.1, 0.15) is 0 Å². The Kier molecular flexibility index (Phi) is 2.48. The minimum Gasteiger partial charge on any atom is -0.268 e. The number of nitrogens with zero attached hydrogens (tertiary/aromatic N) is 3. The molecule has 0 aliphatic carbocycles. The predicted octanol–water partition coefficient (Wildman–Crippen LogP) is 2.37. The summed E-state index contributed by atoms with van der Waals surface area (Å²) in [5.74, 6) is 0. The highest BCUT2D eigenvalue weighted by molar-refractivity contribution is 7.18. The standard InChI is InChI=1S/C13H11N3OS/c1-8-14-11-7-9(3-5-12(11)18-8)10-4-6-13(17)16(2)15-10/h3-7H,1-2H3. The van der Waals surface area contributed by atoms with E-state index in [1.54, 1.807) is 24.5 Å². The molecule has 0 spiro atoms. The van der Waals surface area contributed by atoms with E-state index < -0.39 is 0 Å². The number of fused-ring (bicyclic) bond motifs is 1. The van der Waals surface area contributed by atoms with Crippen LogP contribution in [0.3, 0.4) is 0 Å². The summed E-state index contributed by atoms with van der Waals surface area (Å²) in [7, 11) is 1.65. The third kappa shape index (κ3) is 1.82. The lowest BCUT2D eigenvalue weighted by atomic mass is 10.1.